The number of nitrogens with zero attached hydrogens (tertiary/aromatic N) is 3. The van der Waals surface area contributed by atoms with Gasteiger partial charge in [0.05, 0.1) is 38.8 Å². The first-order chi connectivity index (χ1) is 25.8. The van der Waals surface area contributed by atoms with Gasteiger partial charge in [-0.15, -0.1) is 11.3 Å². The molecule has 8 aromatic carbocycles. The van der Waals surface area contributed by atoms with Gasteiger partial charge in [-0.05, 0) is 78.9 Å². The van der Waals surface area contributed by atoms with Crippen LogP contribution in [0.2, 0.25) is 0 Å². The zero-order valence-corrected chi connectivity index (χ0v) is 28.8. The molecular formula is C48H29N3S. The summed E-state index contributed by atoms with van der Waals surface area (Å²) in [5.41, 5.74) is 10.9. The SMILES string of the molecule is c1ccc2c(c1)c1ccccc1n2-c1ccc2sc3ccc(-n4c5ccccc5c5c(-n6c7ccccc7c7ccccc76)cccc54)cc3c2c1. The highest BCUT2D eigenvalue weighted by atomic mass is 32.1. The Morgan fingerprint density at radius 3 is 1.17 bits per heavy atom. The predicted octanol–water partition coefficient (Wildman–Crippen LogP) is 13.3. The van der Waals surface area contributed by atoms with Gasteiger partial charge < -0.3 is 13.7 Å². The Morgan fingerprint density at radius 1 is 0.288 bits per heavy atom. The Labute approximate surface area is 302 Å². The van der Waals surface area contributed by atoms with Crippen LogP contribution in [0.15, 0.2) is 176 Å². The van der Waals surface area contributed by atoms with Crippen LogP contribution in [0.4, 0.5) is 0 Å². The Kier molecular flexibility index (Phi) is 5.65. The summed E-state index contributed by atoms with van der Waals surface area (Å²) >= 11 is 1.87. The third-order valence-corrected chi connectivity index (χ3v) is 12.2. The van der Waals surface area contributed by atoms with Gasteiger partial charge in [-0.25, -0.2) is 0 Å². The van der Waals surface area contributed by atoms with Gasteiger partial charge in [0.1, 0.15) is 0 Å². The van der Waals surface area contributed by atoms with Crippen LogP contribution in [0.5, 0.6) is 0 Å². The summed E-state index contributed by atoms with van der Waals surface area (Å²) < 4.78 is 9.93. The third kappa shape index (κ3) is 3.74. The number of hydrogen-bond donors (Lipinski definition) is 0. The van der Waals surface area contributed by atoms with E-state index in [1.165, 1.54) is 103 Å². The van der Waals surface area contributed by atoms with Gasteiger partial charge in [0, 0.05) is 63.9 Å². The number of benzene rings is 8. The molecule has 52 heavy (non-hydrogen) atoms. The van der Waals surface area contributed by atoms with E-state index in [1.807, 2.05) is 11.3 Å². The minimum atomic E-state index is 1.17. The molecular weight excluding hydrogens is 651 g/mol. The fraction of sp³-hybridized carbons (Fsp3) is 0. The second-order valence-electron chi connectivity index (χ2n) is 13.7. The highest BCUT2D eigenvalue weighted by Crippen LogP contribution is 2.42. The second kappa shape index (κ2) is 10.5. The maximum absolute atomic E-state index is 2.46. The van der Waals surface area contributed by atoms with Crippen LogP contribution in [0.3, 0.4) is 0 Å². The molecule has 0 amide bonds. The number of aromatic nitrogens is 3. The first-order valence-corrected chi connectivity index (χ1v) is 18.6. The van der Waals surface area contributed by atoms with E-state index in [2.05, 4.69) is 190 Å². The molecule has 0 saturated carbocycles. The molecule has 242 valence electrons. The fourth-order valence-electron chi connectivity index (χ4n) is 8.88. The molecule has 12 aromatic rings. The van der Waals surface area contributed by atoms with Crippen LogP contribution in [0.1, 0.15) is 0 Å². The Morgan fingerprint density at radius 2 is 0.673 bits per heavy atom. The summed E-state index contributed by atoms with van der Waals surface area (Å²) in [7, 11) is 0. The maximum Gasteiger partial charge on any atom is 0.0562 e. The van der Waals surface area contributed by atoms with Gasteiger partial charge in [-0.1, -0.05) is 97.1 Å². The van der Waals surface area contributed by atoms with E-state index in [4.69, 9.17) is 0 Å². The van der Waals surface area contributed by atoms with Crippen molar-refractivity contribution in [2.24, 2.45) is 0 Å². The Hall–Kier alpha value is -6.62. The monoisotopic (exact) mass is 679 g/mol. The minimum absolute atomic E-state index is 1.17. The zero-order chi connectivity index (χ0) is 33.9. The molecule has 0 spiro atoms. The zero-order valence-electron chi connectivity index (χ0n) is 28.0. The molecule has 4 aromatic heterocycles. The minimum Gasteiger partial charge on any atom is -0.309 e. The van der Waals surface area contributed by atoms with Crippen molar-refractivity contribution in [2.75, 3.05) is 0 Å². The maximum atomic E-state index is 2.46. The fourth-order valence-corrected chi connectivity index (χ4v) is 9.95. The van der Waals surface area contributed by atoms with Crippen LogP contribution in [0.25, 0.3) is 103 Å². The average molecular weight is 680 g/mol. The van der Waals surface area contributed by atoms with Gasteiger partial charge in [0.25, 0.3) is 0 Å². The molecule has 4 heteroatoms. The van der Waals surface area contributed by atoms with E-state index in [0.717, 1.165) is 0 Å². The summed E-state index contributed by atoms with van der Waals surface area (Å²) in [6.45, 7) is 0. The molecule has 0 N–H and O–H groups in total. The molecule has 0 unspecified atom stereocenters. The van der Waals surface area contributed by atoms with Gasteiger partial charge in [-0.3, -0.25) is 0 Å². The Bertz CT molecular complexity index is 3320. The lowest BCUT2D eigenvalue weighted by molar-refractivity contribution is 1.17. The molecule has 0 aliphatic heterocycles. The first kappa shape index (κ1) is 28.1. The van der Waals surface area contributed by atoms with E-state index in [1.54, 1.807) is 0 Å². The summed E-state index contributed by atoms with van der Waals surface area (Å²) in [6.07, 6.45) is 0. The van der Waals surface area contributed by atoms with Crippen molar-refractivity contribution in [3.63, 3.8) is 0 Å². The smallest absolute Gasteiger partial charge is 0.0562 e. The van der Waals surface area contributed by atoms with Crippen molar-refractivity contribution in [1.29, 1.82) is 0 Å². The largest absolute Gasteiger partial charge is 0.309 e. The number of fused-ring (bicyclic) bond motifs is 12. The molecule has 0 radical (unpaired) electrons. The average Bonchev–Trinajstić information content (AvgIpc) is 3.94. The molecule has 0 atom stereocenters. The number of thiophene rings is 1. The van der Waals surface area contributed by atoms with Crippen LogP contribution in [0, 0.1) is 0 Å². The first-order valence-electron chi connectivity index (χ1n) is 17.8. The highest BCUT2D eigenvalue weighted by Gasteiger charge is 2.20. The van der Waals surface area contributed by atoms with Crippen molar-refractivity contribution in [3.05, 3.63) is 176 Å². The van der Waals surface area contributed by atoms with Crippen molar-refractivity contribution in [1.82, 2.24) is 13.7 Å². The molecule has 0 bridgehead atoms. The molecule has 4 heterocycles. The molecule has 0 saturated heterocycles. The van der Waals surface area contributed by atoms with Crippen molar-refractivity contribution < 1.29 is 0 Å². The predicted molar refractivity (Wildman–Crippen MR) is 222 cm³/mol. The lowest BCUT2D eigenvalue weighted by Gasteiger charge is -2.12. The third-order valence-electron chi connectivity index (χ3n) is 11.0. The standard InChI is InChI=1S/C48H29N3S/c1-6-17-39-32(12-1)33-13-2-7-18-40(33)49(39)30-24-26-46-37(28-30)38-29-31(25-27-47(38)52-46)50-43-21-10-5-16-36(43)48-44(50)22-11-23-45(48)51-41-19-8-3-14-34(41)35-15-4-9-20-42(35)51/h1-29H. The van der Waals surface area contributed by atoms with Gasteiger partial charge in [0.15, 0.2) is 0 Å². The summed E-state index contributed by atoms with van der Waals surface area (Å²) in [4.78, 5) is 0. The van der Waals surface area contributed by atoms with Gasteiger partial charge in [-0.2, -0.15) is 0 Å². The summed E-state index contributed by atoms with van der Waals surface area (Å²) in [6, 6.07) is 64.7. The number of rotatable bonds is 3. The normalized spacial score (nSPS) is 12.2. The van der Waals surface area contributed by atoms with Crippen LogP contribution in [-0.4, -0.2) is 13.7 Å². The van der Waals surface area contributed by atoms with Crippen LogP contribution >= 0.6 is 11.3 Å². The van der Waals surface area contributed by atoms with E-state index in [-0.39, 0.29) is 0 Å². The second-order valence-corrected chi connectivity index (χ2v) is 14.8. The quantitative estimate of drug-likeness (QED) is 0.177. The van der Waals surface area contributed by atoms with E-state index in [0.29, 0.717) is 0 Å². The Balaban J connectivity index is 1.11. The lowest BCUT2D eigenvalue weighted by atomic mass is 10.1. The van der Waals surface area contributed by atoms with Crippen molar-refractivity contribution in [2.45, 2.75) is 0 Å². The van der Waals surface area contributed by atoms with Crippen molar-refractivity contribution >= 4 is 96.9 Å². The lowest BCUT2D eigenvalue weighted by Crippen LogP contribution is -1.96. The molecule has 0 aliphatic carbocycles. The molecule has 3 nitrogen and oxygen atoms in total. The molecule has 0 aliphatic rings. The van der Waals surface area contributed by atoms with E-state index >= 15 is 0 Å². The summed E-state index contributed by atoms with van der Waals surface area (Å²) in [5, 5.41) is 10.2. The molecule has 12 rings (SSSR count). The van der Waals surface area contributed by atoms with Crippen molar-refractivity contribution in [3.8, 4) is 17.1 Å². The topological polar surface area (TPSA) is 14.8 Å². The molecule has 0 fully saturated rings. The van der Waals surface area contributed by atoms with E-state index < -0.39 is 0 Å². The van der Waals surface area contributed by atoms with Gasteiger partial charge in [0.2, 0.25) is 0 Å². The van der Waals surface area contributed by atoms with E-state index in [9.17, 15) is 0 Å². The van der Waals surface area contributed by atoms with Crippen LogP contribution in [-0.2, 0) is 0 Å². The summed E-state index contributed by atoms with van der Waals surface area (Å²) in [5.74, 6) is 0. The highest BCUT2D eigenvalue weighted by molar-refractivity contribution is 7.25. The van der Waals surface area contributed by atoms with Gasteiger partial charge >= 0.3 is 0 Å². The number of para-hydroxylation sites is 5. The number of hydrogen-bond acceptors (Lipinski definition) is 1. The van der Waals surface area contributed by atoms with Crippen LogP contribution < -0.4 is 0 Å².